The first kappa shape index (κ1) is 17.9. The van der Waals surface area contributed by atoms with Crippen LogP contribution in [0, 0.1) is 5.92 Å². The van der Waals surface area contributed by atoms with Gasteiger partial charge in [0, 0.05) is 12.7 Å². The second-order valence-electron chi connectivity index (χ2n) is 6.61. The summed E-state index contributed by atoms with van der Waals surface area (Å²) in [4.78, 5) is 2.68. The molecule has 2 aliphatic heterocycles. The highest BCUT2D eigenvalue weighted by Gasteiger charge is 2.33. The summed E-state index contributed by atoms with van der Waals surface area (Å²) in [6, 6.07) is 0.739. The van der Waals surface area contributed by atoms with Crippen LogP contribution in [0.25, 0.3) is 0 Å². The molecule has 2 rings (SSSR count). The Kier molecular flexibility index (Phi) is 7.64. The molecule has 0 bridgehead atoms. The molecule has 2 fully saturated rings. The van der Waals surface area contributed by atoms with E-state index in [0.717, 1.165) is 25.7 Å². The second kappa shape index (κ2) is 8.98. The van der Waals surface area contributed by atoms with E-state index in [-0.39, 0.29) is 0 Å². The van der Waals surface area contributed by atoms with Crippen molar-refractivity contribution in [2.24, 2.45) is 5.92 Å². The zero-order valence-corrected chi connectivity index (χ0v) is 15.5. The Morgan fingerprint density at radius 2 is 1.90 bits per heavy atom. The predicted octanol–water partition coefficient (Wildman–Crippen LogP) is 4.41. The average Bonchev–Trinajstić information content (AvgIpc) is 2.50. The molecule has 3 nitrogen and oxygen atoms in total. The van der Waals surface area contributed by atoms with Gasteiger partial charge in [-0.2, -0.15) is 0 Å². The molecule has 0 aromatic rings. The highest BCUT2D eigenvalue weighted by atomic mass is 32.5. The highest BCUT2D eigenvalue weighted by molar-refractivity contribution is 8.09. The maximum Gasteiger partial charge on any atom is 0.185 e. The summed E-state index contributed by atoms with van der Waals surface area (Å²) in [5.74, 6) is 0.667. The van der Waals surface area contributed by atoms with E-state index in [2.05, 4.69) is 11.8 Å². The Balaban J connectivity index is 1.74. The average molecular weight is 333 g/mol. The Labute approximate surface area is 135 Å². The predicted molar refractivity (Wildman–Crippen MR) is 93.6 cm³/mol. The lowest BCUT2D eigenvalue weighted by Gasteiger charge is -2.44. The van der Waals surface area contributed by atoms with Crippen LogP contribution in [0.2, 0.25) is 0 Å². The van der Waals surface area contributed by atoms with Crippen molar-refractivity contribution in [2.45, 2.75) is 64.3 Å². The van der Waals surface area contributed by atoms with E-state index >= 15 is 0 Å². The van der Waals surface area contributed by atoms with Crippen molar-refractivity contribution < 1.29 is 9.05 Å². The largest absolute Gasteiger partial charge is 0.329 e. The molecule has 0 spiro atoms. The summed E-state index contributed by atoms with van der Waals surface area (Å²) >= 11 is 5.56. The molecule has 3 unspecified atom stereocenters. The SMILES string of the molecule is CCCCCOP(C)(=S)OCC1CCCN2CCCCC12. The fourth-order valence-corrected chi connectivity index (χ4v) is 5.03. The van der Waals surface area contributed by atoms with Crippen molar-refractivity contribution in [2.75, 3.05) is 33.0 Å². The summed E-state index contributed by atoms with van der Waals surface area (Å²) < 4.78 is 11.9. The highest BCUT2D eigenvalue weighted by Crippen LogP contribution is 2.46. The van der Waals surface area contributed by atoms with E-state index < -0.39 is 6.49 Å². The van der Waals surface area contributed by atoms with Crippen molar-refractivity contribution in [3.8, 4) is 0 Å². The summed E-state index contributed by atoms with van der Waals surface area (Å²) in [6.45, 7) is 6.32. The van der Waals surface area contributed by atoms with Gasteiger partial charge in [0.15, 0.2) is 6.49 Å². The third-order valence-corrected chi connectivity index (χ3v) is 6.73. The Morgan fingerprint density at radius 1 is 1.10 bits per heavy atom. The molecule has 0 aliphatic carbocycles. The minimum atomic E-state index is -2.03. The zero-order chi connectivity index (χ0) is 15.1. The molecule has 0 radical (unpaired) electrons. The maximum atomic E-state index is 6.08. The lowest BCUT2D eigenvalue weighted by Crippen LogP contribution is -2.49. The van der Waals surface area contributed by atoms with Gasteiger partial charge in [-0.1, -0.05) is 26.2 Å². The topological polar surface area (TPSA) is 21.7 Å². The molecular formula is C16H32NO2PS. The number of rotatable bonds is 8. The van der Waals surface area contributed by atoms with Crippen LogP contribution in [0.4, 0.5) is 0 Å². The number of hydrogen-bond donors (Lipinski definition) is 0. The van der Waals surface area contributed by atoms with Gasteiger partial charge in [0.1, 0.15) is 0 Å². The quantitative estimate of drug-likeness (QED) is 0.484. The molecule has 124 valence electrons. The van der Waals surface area contributed by atoms with Crippen LogP contribution >= 0.6 is 6.49 Å². The van der Waals surface area contributed by atoms with Crippen LogP contribution in [0.3, 0.4) is 0 Å². The van der Waals surface area contributed by atoms with Crippen LogP contribution < -0.4 is 0 Å². The molecular weight excluding hydrogens is 301 g/mol. The van der Waals surface area contributed by atoms with E-state index in [1.165, 1.54) is 58.0 Å². The molecule has 2 heterocycles. The van der Waals surface area contributed by atoms with Crippen molar-refractivity contribution in [3.05, 3.63) is 0 Å². The standard InChI is InChI=1S/C16H32NO2PS/c1-3-4-7-13-18-20(2,21)19-14-15-9-8-12-17-11-6-5-10-16(15)17/h15-16H,3-14H2,1-2H3. The number of piperidine rings is 2. The van der Waals surface area contributed by atoms with Crippen molar-refractivity contribution >= 4 is 18.3 Å². The third kappa shape index (κ3) is 5.91. The molecule has 0 aromatic heterocycles. The van der Waals surface area contributed by atoms with Gasteiger partial charge >= 0.3 is 0 Å². The van der Waals surface area contributed by atoms with Crippen LogP contribution in [0.5, 0.6) is 0 Å². The number of hydrogen-bond acceptors (Lipinski definition) is 4. The monoisotopic (exact) mass is 333 g/mol. The Morgan fingerprint density at radius 3 is 2.71 bits per heavy atom. The van der Waals surface area contributed by atoms with Crippen LogP contribution in [0.1, 0.15) is 58.3 Å². The van der Waals surface area contributed by atoms with Crippen molar-refractivity contribution in [3.63, 3.8) is 0 Å². The van der Waals surface area contributed by atoms with Crippen LogP contribution in [-0.4, -0.2) is 43.9 Å². The fourth-order valence-electron chi connectivity index (χ4n) is 3.62. The van der Waals surface area contributed by atoms with Gasteiger partial charge < -0.3 is 13.9 Å². The molecule has 0 amide bonds. The smallest absolute Gasteiger partial charge is 0.185 e. The summed E-state index contributed by atoms with van der Waals surface area (Å²) in [7, 11) is 0. The molecule has 21 heavy (non-hydrogen) atoms. The summed E-state index contributed by atoms with van der Waals surface area (Å²) in [5, 5.41) is 0. The Hall–Kier alpha value is 0.530. The van der Waals surface area contributed by atoms with Crippen LogP contribution in [-0.2, 0) is 20.9 Å². The normalized spacial score (nSPS) is 29.8. The fraction of sp³-hybridized carbons (Fsp3) is 1.00. The van der Waals surface area contributed by atoms with Gasteiger partial charge in [0.25, 0.3) is 0 Å². The second-order valence-corrected chi connectivity index (χ2v) is 10.7. The molecule has 3 atom stereocenters. The van der Waals surface area contributed by atoms with Gasteiger partial charge in [-0.25, -0.2) is 0 Å². The van der Waals surface area contributed by atoms with E-state index in [1.54, 1.807) is 0 Å². The lowest BCUT2D eigenvalue weighted by molar-refractivity contribution is 0.0358. The van der Waals surface area contributed by atoms with Gasteiger partial charge in [-0.3, -0.25) is 0 Å². The molecule has 5 heteroatoms. The molecule has 2 aliphatic rings. The minimum absolute atomic E-state index is 0.667. The lowest BCUT2D eigenvalue weighted by atomic mass is 9.84. The van der Waals surface area contributed by atoms with E-state index in [4.69, 9.17) is 20.9 Å². The number of unbranched alkanes of at least 4 members (excludes halogenated alkanes) is 2. The van der Waals surface area contributed by atoms with Crippen LogP contribution in [0.15, 0.2) is 0 Å². The molecule has 0 N–H and O–H groups in total. The molecule has 2 saturated heterocycles. The maximum absolute atomic E-state index is 6.08. The number of nitrogens with zero attached hydrogens (tertiary/aromatic N) is 1. The molecule has 0 aromatic carbocycles. The Bertz CT molecular complexity index is 351. The number of fused-ring (bicyclic) bond motifs is 1. The van der Waals surface area contributed by atoms with E-state index in [0.29, 0.717) is 5.92 Å². The van der Waals surface area contributed by atoms with Crippen molar-refractivity contribution in [1.82, 2.24) is 4.90 Å². The van der Waals surface area contributed by atoms with Gasteiger partial charge in [0.2, 0.25) is 0 Å². The minimum Gasteiger partial charge on any atom is -0.329 e. The summed E-state index contributed by atoms with van der Waals surface area (Å²) in [6.07, 6.45) is 10.2. The zero-order valence-electron chi connectivity index (χ0n) is 13.8. The first-order valence-corrected chi connectivity index (χ1v) is 11.8. The van der Waals surface area contributed by atoms with E-state index in [1.807, 2.05) is 6.66 Å². The van der Waals surface area contributed by atoms with E-state index in [9.17, 15) is 0 Å². The van der Waals surface area contributed by atoms with Gasteiger partial charge in [-0.15, -0.1) is 0 Å². The summed E-state index contributed by atoms with van der Waals surface area (Å²) in [5.41, 5.74) is 0. The first-order chi connectivity index (χ1) is 10.1. The van der Waals surface area contributed by atoms with Crippen molar-refractivity contribution in [1.29, 1.82) is 0 Å². The van der Waals surface area contributed by atoms with Gasteiger partial charge in [0.05, 0.1) is 13.2 Å². The molecule has 0 saturated carbocycles. The first-order valence-electron chi connectivity index (χ1n) is 8.73. The van der Waals surface area contributed by atoms with Gasteiger partial charge in [-0.05, 0) is 62.9 Å². The third-order valence-electron chi connectivity index (χ3n) is 4.83.